The maximum Gasteiger partial charge on any atom is 0.230 e. The maximum atomic E-state index is 15.2. The zero-order valence-electron chi connectivity index (χ0n) is 24.3. The van der Waals surface area contributed by atoms with E-state index < -0.39 is 5.82 Å². The molecule has 0 radical (unpaired) electrons. The molecule has 1 fully saturated rings. The van der Waals surface area contributed by atoms with Crippen LogP contribution in [0.5, 0.6) is 17.2 Å². The van der Waals surface area contributed by atoms with Gasteiger partial charge in [-0.15, -0.1) is 11.3 Å². The summed E-state index contributed by atoms with van der Waals surface area (Å²) < 4.78 is 33.6. The Bertz CT molecular complexity index is 1790. The minimum absolute atomic E-state index is 0.0499. The number of carbonyl (C=O) groups is 1. The molecule has 11 heteroatoms. The summed E-state index contributed by atoms with van der Waals surface area (Å²) in [5.41, 5.74) is 2.95. The van der Waals surface area contributed by atoms with Gasteiger partial charge >= 0.3 is 0 Å². The molecule has 0 spiro atoms. The van der Waals surface area contributed by atoms with Crippen molar-refractivity contribution in [2.75, 3.05) is 44.8 Å². The number of morpholine rings is 1. The molecule has 3 heterocycles. The maximum absolute atomic E-state index is 15.2. The lowest BCUT2D eigenvalue weighted by Crippen LogP contribution is -2.38. The van der Waals surface area contributed by atoms with E-state index in [1.807, 2.05) is 60.7 Å². The zero-order chi connectivity index (χ0) is 31.0. The number of nitrogens with one attached hydrogen (secondary N) is 2. The average Bonchev–Trinajstić information content (AvgIpc) is 3.49. The Morgan fingerprint density at radius 2 is 1.78 bits per heavy atom. The van der Waals surface area contributed by atoms with Crippen molar-refractivity contribution < 1.29 is 23.4 Å². The van der Waals surface area contributed by atoms with Gasteiger partial charge in [0.1, 0.15) is 18.1 Å². The second-order valence-corrected chi connectivity index (χ2v) is 11.8. The number of fused-ring (bicyclic) bond motifs is 1. The first-order valence-corrected chi connectivity index (χ1v) is 15.8. The van der Waals surface area contributed by atoms with Crippen LogP contribution in [0, 0.1) is 5.82 Å². The molecule has 1 saturated heterocycles. The summed E-state index contributed by atoms with van der Waals surface area (Å²) in [5.74, 6) is 0.486. The Morgan fingerprint density at radius 3 is 2.60 bits per heavy atom. The Labute approximate surface area is 269 Å². The molecule has 8 nitrogen and oxygen atoms in total. The number of carbonyl (C=O) groups excluding carboxylic acids is 1. The molecule has 0 unspecified atom stereocenters. The van der Waals surface area contributed by atoms with Crippen LogP contribution in [0.1, 0.15) is 5.56 Å². The smallest absolute Gasteiger partial charge is 0.230 e. The van der Waals surface area contributed by atoms with Gasteiger partial charge in [0.25, 0.3) is 0 Å². The number of hydrogen-bond donors (Lipinski definition) is 2. The molecule has 2 N–H and O–H groups in total. The number of benzene rings is 3. The highest BCUT2D eigenvalue weighted by Crippen LogP contribution is 2.42. The van der Waals surface area contributed by atoms with Crippen molar-refractivity contribution in [3.63, 3.8) is 0 Å². The number of aromatic nitrogens is 1. The first-order chi connectivity index (χ1) is 22.0. The first kappa shape index (κ1) is 30.6. The summed E-state index contributed by atoms with van der Waals surface area (Å²) in [6.07, 6.45) is 1.82. The number of para-hydroxylation sites is 1. The molecule has 1 aliphatic heterocycles. The normalized spacial score (nSPS) is 13.4. The van der Waals surface area contributed by atoms with Crippen LogP contribution in [0.25, 0.3) is 20.7 Å². The molecule has 1 aliphatic rings. The van der Waals surface area contributed by atoms with Crippen LogP contribution in [0.4, 0.5) is 10.1 Å². The number of ether oxygens (including phenoxy) is 3. The average molecular weight is 643 g/mol. The van der Waals surface area contributed by atoms with Crippen LogP contribution >= 0.6 is 23.6 Å². The molecule has 2 aromatic heterocycles. The molecule has 0 atom stereocenters. The minimum atomic E-state index is -0.584. The Kier molecular flexibility index (Phi) is 9.91. The SMILES string of the molecule is O=C(Cc1ccccc1)NC(=S)Nc1ccc(Oc2ccnc3cc(-c4ccccc4OCCN4CCOCC4)sc23)c(F)c1. The number of nitrogens with zero attached hydrogens (tertiary/aromatic N) is 2. The van der Waals surface area contributed by atoms with Gasteiger partial charge in [-0.05, 0) is 48.1 Å². The minimum Gasteiger partial charge on any atom is -0.492 e. The van der Waals surface area contributed by atoms with Crippen LogP contribution in [0.2, 0.25) is 0 Å². The highest BCUT2D eigenvalue weighted by Gasteiger charge is 2.16. The van der Waals surface area contributed by atoms with Crippen molar-refractivity contribution in [2.24, 2.45) is 0 Å². The van der Waals surface area contributed by atoms with Crippen molar-refractivity contribution in [1.82, 2.24) is 15.2 Å². The third-order valence-corrected chi connectivity index (χ3v) is 8.54. The summed E-state index contributed by atoms with van der Waals surface area (Å²) in [6.45, 7) is 4.74. The largest absolute Gasteiger partial charge is 0.492 e. The lowest BCUT2D eigenvalue weighted by atomic mass is 10.1. The summed E-state index contributed by atoms with van der Waals surface area (Å²) in [6, 6.07) is 25.4. The third kappa shape index (κ3) is 8.00. The molecule has 5 aromatic rings. The number of hydrogen-bond acceptors (Lipinski definition) is 8. The van der Waals surface area contributed by atoms with Gasteiger partial charge in [0.05, 0.1) is 29.9 Å². The van der Waals surface area contributed by atoms with Gasteiger partial charge in [-0.1, -0.05) is 42.5 Å². The monoisotopic (exact) mass is 642 g/mol. The number of thiophene rings is 1. The highest BCUT2D eigenvalue weighted by atomic mass is 32.1. The van der Waals surface area contributed by atoms with E-state index in [4.69, 9.17) is 26.4 Å². The van der Waals surface area contributed by atoms with Gasteiger partial charge in [-0.3, -0.25) is 14.7 Å². The van der Waals surface area contributed by atoms with Gasteiger partial charge < -0.3 is 24.8 Å². The van der Waals surface area contributed by atoms with E-state index in [1.165, 1.54) is 23.5 Å². The topological polar surface area (TPSA) is 85.0 Å². The number of thiocarbonyl (C=S) groups is 1. The molecule has 3 aromatic carbocycles. The van der Waals surface area contributed by atoms with Gasteiger partial charge in [-0.2, -0.15) is 0 Å². The molecule has 230 valence electrons. The van der Waals surface area contributed by atoms with Gasteiger partial charge in [0.2, 0.25) is 5.91 Å². The Hall–Kier alpha value is -4.42. The number of pyridine rings is 1. The Balaban J connectivity index is 1.11. The quantitative estimate of drug-likeness (QED) is 0.164. The van der Waals surface area contributed by atoms with Gasteiger partial charge in [-0.25, -0.2) is 4.39 Å². The second-order valence-electron chi connectivity index (χ2n) is 10.3. The molecule has 45 heavy (non-hydrogen) atoms. The highest BCUT2D eigenvalue weighted by molar-refractivity contribution is 7.80. The van der Waals surface area contributed by atoms with E-state index in [0.29, 0.717) is 18.0 Å². The molecule has 1 amide bonds. The van der Waals surface area contributed by atoms with Crippen LogP contribution in [0.15, 0.2) is 91.1 Å². The lowest BCUT2D eigenvalue weighted by Gasteiger charge is -2.26. The summed E-state index contributed by atoms with van der Waals surface area (Å²) in [7, 11) is 0. The predicted molar refractivity (Wildman–Crippen MR) is 179 cm³/mol. The summed E-state index contributed by atoms with van der Waals surface area (Å²) in [5, 5.41) is 5.56. The fourth-order valence-electron chi connectivity index (χ4n) is 4.93. The van der Waals surface area contributed by atoms with E-state index in [9.17, 15) is 4.79 Å². The van der Waals surface area contributed by atoms with E-state index in [-0.39, 0.29) is 23.2 Å². The van der Waals surface area contributed by atoms with Gasteiger partial charge in [0.15, 0.2) is 16.7 Å². The standard InChI is InChI=1S/C34H31FN4O4S2/c35-26-21-24(37-34(44)38-32(40)20-23-6-2-1-3-7-23)10-11-29(26)43-30-12-13-36-27-22-31(45-33(27)30)25-8-4-5-9-28(25)42-19-16-39-14-17-41-18-15-39/h1-13,21-22H,14-20H2,(H2,37,38,40,44). The first-order valence-electron chi connectivity index (χ1n) is 14.5. The predicted octanol–water partition coefficient (Wildman–Crippen LogP) is 6.66. The fourth-order valence-corrected chi connectivity index (χ4v) is 6.25. The number of amides is 1. The summed E-state index contributed by atoms with van der Waals surface area (Å²) in [4.78, 5) is 20.1. The van der Waals surface area contributed by atoms with Crippen LogP contribution in [-0.2, 0) is 16.0 Å². The van der Waals surface area contributed by atoms with Crippen molar-refractivity contribution >= 4 is 50.5 Å². The molecule has 0 bridgehead atoms. The molecular weight excluding hydrogens is 612 g/mol. The molecule has 0 saturated carbocycles. The number of anilines is 1. The van der Waals surface area contributed by atoms with E-state index in [1.54, 1.807) is 18.3 Å². The zero-order valence-corrected chi connectivity index (χ0v) is 26.0. The Morgan fingerprint density at radius 1 is 0.978 bits per heavy atom. The number of rotatable bonds is 10. The van der Waals surface area contributed by atoms with Gasteiger partial charge in [0, 0.05) is 54.1 Å². The molecular formula is C34H31FN4O4S2. The second kappa shape index (κ2) is 14.6. The van der Waals surface area contributed by atoms with E-state index in [0.717, 1.165) is 64.8 Å². The van der Waals surface area contributed by atoms with Crippen LogP contribution < -0.4 is 20.1 Å². The summed E-state index contributed by atoms with van der Waals surface area (Å²) >= 11 is 6.76. The third-order valence-electron chi connectivity index (χ3n) is 7.17. The fraction of sp³-hybridized carbons (Fsp3) is 0.206. The van der Waals surface area contributed by atoms with Crippen LogP contribution in [0.3, 0.4) is 0 Å². The number of halogens is 1. The van der Waals surface area contributed by atoms with Crippen LogP contribution in [-0.4, -0.2) is 60.4 Å². The molecule has 0 aliphatic carbocycles. The van der Waals surface area contributed by atoms with Crippen molar-refractivity contribution in [3.05, 3.63) is 103 Å². The van der Waals surface area contributed by atoms with Crippen molar-refractivity contribution in [2.45, 2.75) is 6.42 Å². The van der Waals surface area contributed by atoms with E-state index >= 15 is 4.39 Å². The lowest BCUT2D eigenvalue weighted by molar-refractivity contribution is -0.119. The van der Waals surface area contributed by atoms with Crippen molar-refractivity contribution in [1.29, 1.82) is 0 Å². The molecule has 6 rings (SSSR count). The van der Waals surface area contributed by atoms with Crippen molar-refractivity contribution in [3.8, 4) is 27.7 Å². The van der Waals surface area contributed by atoms with E-state index in [2.05, 4.69) is 20.5 Å².